The molecule has 0 unspecified atom stereocenters. The van der Waals surface area contributed by atoms with Crippen LogP contribution >= 0.6 is 11.6 Å². The lowest BCUT2D eigenvalue weighted by molar-refractivity contribution is -0.139. The molecule has 2 N–H and O–H groups in total. The Kier molecular flexibility index (Phi) is 8.75. The number of nitrogens with zero attached hydrogens (tertiary/aromatic N) is 3. The molecule has 7 rings (SSSR count). The molecule has 3 atom stereocenters. The molecule has 0 radical (unpaired) electrons. The molecule has 250 valence electrons. The number of fused-ring (bicyclic) bond motifs is 3. The molecule has 4 aromatic carbocycles. The fourth-order valence-electron chi connectivity index (χ4n) is 7.07. The Hall–Kier alpha value is -4.96. The lowest BCUT2D eigenvalue weighted by Crippen LogP contribution is -2.46. The first-order valence-corrected chi connectivity index (χ1v) is 16.7. The number of aliphatic hydroxyl groups is 2. The number of aliphatic hydroxyl groups excluding tert-OH is 1. The summed E-state index contributed by atoms with van der Waals surface area (Å²) in [6.07, 6.45) is 4.02. The van der Waals surface area contributed by atoms with Crippen LogP contribution in [-0.2, 0) is 39.5 Å². The summed E-state index contributed by atoms with van der Waals surface area (Å²) in [7, 11) is 0. The molecule has 0 aromatic heterocycles. The molecule has 3 amide bonds. The second kappa shape index (κ2) is 13.2. The number of hydrogen-bond acceptors (Lipinski definition) is 6. The zero-order chi connectivity index (χ0) is 34.3. The maximum absolute atomic E-state index is 14.1. The van der Waals surface area contributed by atoms with E-state index >= 15 is 0 Å². The summed E-state index contributed by atoms with van der Waals surface area (Å²) in [6.45, 7) is 2.15. The van der Waals surface area contributed by atoms with Crippen molar-refractivity contribution in [3.63, 3.8) is 0 Å². The third-order valence-corrected chi connectivity index (χ3v) is 9.97. The van der Waals surface area contributed by atoms with Crippen LogP contribution < -0.4 is 14.5 Å². The monoisotopic (exact) mass is 677 g/mol. The minimum atomic E-state index is -1.92. The average Bonchev–Trinajstić information content (AvgIpc) is 3.33. The lowest BCUT2D eigenvalue weighted by atomic mass is 9.83. The summed E-state index contributed by atoms with van der Waals surface area (Å²) in [5.41, 5.74) is 3.36. The van der Waals surface area contributed by atoms with Crippen molar-refractivity contribution in [2.24, 2.45) is 5.92 Å². The van der Waals surface area contributed by atoms with E-state index in [4.69, 9.17) is 16.3 Å². The summed E-state index contributed by atoms with van der Waals surface area (Å²) in [5.74, 6) is -0.890. The largest absolute Gasteiger partial charge is 0.482 e. The maximum Gasteiger partial charge on any atom is 0.269 e. The zero-order valence-corrected chi connectivity index (χ0v) is 27.7. The Morgan fingerprint density at radius 2 is 1.73 bits per heavy atom. The zero-order valence-electron chi connectivity index (χ0n) is 27.0. The maximum atomic E-state index is 14.1. The van der Waals surface area contributed by atoms with Gasteiger partial charge in [-0.05, 0) is 65.6 Å². The highest BCUT2D eigenvalue weighted by Crippen LogP contribution is 2.47. The molecule has 49 heavy (non-hydrogen) atoms. The molecule has 9 nitrogen and oxygen atoms in total. The fourth-order valence-corrected chi connectivity index (χ4v) is 7.24. The number of para-hydroxylation sites is 2. The van der Waals surface area contributed by atoms with Crippen LogP contribution in [0.2, 0.25) is 5.02 Å². The SMILES string of the molecule is C[C@H](/C=C/CC(=O)N1Cc2ccccc2C[C@H]1CO)[C@@]1(O)C(=O)N(Cc2ccc(N3C(=O)COc4ccccc43)cc2)c2ccc(Cl)cc21. The van der Waals surface area contributed by atoms with Crippen LogP contribution in [0.1, 0.15) is 35.6 Å². The van der Waals surface area contributed by atoms with Crippen LogP contribution in [0.3, 0.4) is 0 Å². The first-order valence-electron chi connectivity index (χ1n) is 16.3. The van der Waals surface area contributed by atoms with Gasteiger partial charge in [0.15, 0.2) is 12.2 Å². The van der Waals surface area contributed by atoms with Gasteiger partial charge in [0, 0.05) is 35.2 Å². The van der Waals surface area contributed by atoms with E-state index in [9.17, 15) is 24.6 Å². The van der Waals surface area contributed by atoms with Gasteiger partial charge >= 0.3 is 0 Å². The van der Waals surface area contributed by atoms with Crippen molar-refractivity contribution in [1.82, 2.24) is 4.90 Å². The van der Waals surface area contributed by atoms with Crippen LogP contribution in [0.15, 0.2) is 103 Å². The number of carbonyl (C=O) groups is 3. The number of halogens is 1. The molecule has 4 aromatic rings. The Bertz CT molecular complexity index is 1960. The first kappa shape index (κ1) is 32.6. The van der Waals surface area contributed by atoms with Crippen molar-refractivity contribution in [1.29, 1.82) is 0 Å². The third kappa shape index (κ3) is 5.88. The predicted molar refractivity (Wildman–Crippen MR) is 187 cm³/mol. The molecule has 3 aliphatic heterocycles. The van der Waals surface area contributed by atoms with Crippen molar-refractivity contribution in [2.45, 2.75) is 44.5 Å². The van der Waals surface area contributed by atoms with Gasteiger partial charge in [0.2, 0.25) is 5.91 Å². The van der Waals surface area contributed by atoms with Gasteiger partial charge in [-0.15, -0.1) is 0 Å². The molecule has 0 aliphatic carbocycles. The molecule has 10 heteroatoms. The van der Waals surface area contributed by atoms with E-state index < -0.39 is 17.4 Å². The molecule has 3 heterocycles. The van der Waals surface area contributed by atoms with Gasteiger partial charge in [0.05, 0.1) is 30.6 Å². The number of hydrogen-bond donors (Lipinski definition) is 2. The van der Waals surface area contributed by atoms with Gasteiger partial charge in [0.1, 0.15) is 5.75 Å². The Morgan fingerprint density at radius 1 is 1.00 bits per heavy atom. The van der Waals surface area contributed by atoms with Gasteiger partial charge in [-0.1, -0.05) is 79.2 Å². The van der Waals surface area contributed by atoms with E-state index in [1.165, 1.54) is 0 Å². The molecule has 3 aliphatic rings. The standard InChI is InChI=1S/C39H36ClN3O6/c1-25(7-6-12-36(45)41-22-28-9-3-2-8-27(28)19-31(41)23-44)39(48)32-20-29(40)15-18-33(32)42(38(39)47)21-26-13-16-30(17-14-26)43-34-10-4-5-11-35(34)49-24-37(43)46/h2-11,13-18,20,25,31,44,48H,12,19,21-24H2,1H3/b7-6+/t25-,31+,39+/m1/s1. The van der Waals surface area contributed by atoms with Crippen molar-refractivity contribution in [2.75, 3.05) is 23.0 Å². The summed E-state index contributed by atoms with van der Waals surface area (Å²) >= 11 is 6.37. The number of anilines is 3. The number of amides is 3. The van der Waals surface area contributed by atoms with Crippen molar-refractivity contribution in [3.8, 4) is 5.75 Å². The summed E-state index contributed by atoms with van der Waals surface area (Å²) in [4.78, 5) is 45.1. The van der Waals surface area contributed by atoms with Gasteiger partial charge in [-0.25, -0.2) is 0 Å². The van der Waals surface area contributed by atoms with Crippen LogP contribution in [0.4, 0.5) is 17.1 Å². The van der Waals surface area contributed by atoms with Crippen LogP contribution in [0, 0.1) is 5.92 Å². The minimum absolute atomic E-state index is 0.0574. The van der Waals surface area contributed by atoms with Crippen molar-refractivity contribution in [3.05, 3.63) is 130 Å². The van der Waals surface area contributed by atoms with E-state index in [2.05, 4.69) is 0 Å². The first-order chi connectivity index (χ1) is 23.7. The molecular weight excluding hydrogens is 642 g/mol. The predicted octanol–water partition coefficient (Wildman–Crippen LogP) is 5.66. The van der Waals surface area contributed by atoms with Gasteiger partial charge in [-0.3, -0.25) is 19.3 Å². The van der Waals surface area contributed by atoms with E-state index in [-0.39, 0.29) is 44.0 Å². The molecule has 0 spiro atoms. The molecule has 0 fully saturated rings. The third-order valence-electron chi connectivity index (χ3n) is 9.74. The lowest BCUT2D eigenvalue weighted by Gasteiger charge is -2.36. The van der Waals surface area contributed by atoms with Crippen LogP contribution in [0.25, 0.3) is 0 Å². The highest BCUT2D eigenvalue weighted by atomic mass is 35.5. The summed E-state index contributed by atoms with van der Waals surface area (Å²) in [5, 5.41) is 22.5. The highest BCUT2D eigenvalue weighted by Gasteiger charge is 2.52. The normalized spacial score (nSPS) is 20.6. The fraction of sp³-hybridized carbons (Fsp3) is 0.256. The summed E-state index contributed by atoms with van der Waals surface area (Å²) in [6, 6.07) is 27.4. The smallest absolute Gasteiger partial charge is 0.269 e. The van der Waals surface area contributed by atoms with Crippen LogP contribution in [0.5, 0.6) is 5.75 Å². The number of benzene rings is 4. The quantitative estimate of drug-likeness (QED) is 0.233. The van der Waals surface area contributed by atoms with Crippen molar-refractivity contribution >= 4 is 46.4 Å². The van der Waals surface area contributed by atoms with E-state index in [0.29, 0.717) is 46.4 Å². The topological polar surface area (TPSA) is 111 Å². The van der Waals surface area contributed by atoms with Crippen molar-refractivity contribution < 1.29 is 29.3 Å². The second-order valence-electron chi connectivity index (χ2n) is 12.7. The van der Waals surface area contributed by atoms with Gasteiger partial charge in [0.25, 0.3) is 11.8 Å². The van der Waals surface area contributed by atoms with Gasteiger partial charge < -0.3 is 24.7 Å². The Balaban J connectivity index is 1.08. The molecule has 0 bridgehead atoms. The Morgan fingerprint density at radius 3 is 2.51 bits per heavy atom. The van der Waals surface area contributed by atoms with E-state index in [1.54, 1.807) is 52.0 Å². The number of rotatable bonds is 8. The van der Waals surface area contributed by atoms with Gasteiger partial charge in [-0.2, -0.15) is 0 Å². The number of carbonyl (C=O) groups excluding carboxylic acids is 3. The molecule has 0 saturated heterocycles. The molecular formula is C39H36ClN3O6. The second-order valence-corrected chi connectivity index (χ2v) is 13.2. The Labute approximate surface area is 289 Å². The van der Waals surface area contributed by atoms with Crippen LogP contribution in [-0.4, -0.2) is 52.1 Å². The summed E-state index contributed by atoms with van der Waals surface area (Å²) < 4.78 is 5.58. The minimum Gasteiger partial charge on any atom is -0.482 e. The number of ether oxygens (including phenoxy) is 1. The van der Waals surface area contributed by atoms with E-state index in [1.807, 2.05) is 72.8 Å². The van der Waals surface area contributed by atoms with E-state index in [0.717, 1.165) is 16.7 Å². The highest BCUT2D eigenvalue weighted by molar-refractivity contribution is 6.31. The average molecular weight is 678 g/mol. The molecule has 0 saturated carbocycles.